The Hall–Kier alpha value is -2.83. The summed E-state index contributed by atoms with van der Waals surface area (Å²) in [6.07, 6.45) is 4.62. The maximum absolute atomic E-state index is 12.8. The molecule has 3 rings (SSSR count). The number of methoxy groups -OCH3 is 1. The fourth-order valence-electron chi connectivity index (χ4n) is 2.64. The highest BCUT2D eigenvalue weighted by molar-refractivity contribution is 7.98. The van der Waals surface area contributed by atoms with Gasteiger partial charge in [0.1, 0.15) is 4.21 Å². The first-order valence-electron chi connectivity index (χ1n) is 8.31. The van der Waals surface area contributed by atoms with Crippen molar-refractivity contribution >= 4 is 51.0 Å². The van der Waals surface area contributed by atoms with E-state index in [1.54, 1.807) is 23.8 Å². The predicted octanol–water partition coefficient (Wildman–Crippen LogP) is 2.81. The van der Waals surface area contributed by atoms with Crippen LogP contribution in [-0.2, 0) is 15.6 Å². The first kappa shape index (κ1) is 21.9. The Morgan fingerprint density at radius 3 is 2.73 bits per heavy atom. The van der Waals surface area contributed by atoms with Crippen LogP contribution in [0.5, 0.6) is 11.5 Å². The third-order valence-electron chi connectivity index (χ3n) is 3.95. The fraction of sp³-hybridized carbons (Fsp3) is 0.167. The average Bonchev–Trinajstić information content (AvgIpc) is 3.40. The van der Waals surface area contributed by atoms with Crippen molar-refractivity contribution in [3.8, 4) is 11.5 Å². The summed E-state index contributed by atoms with van der Waals surface area (Å²) in [6.45, 7) is 0. The summed E-state index contributed by atoms with van der Waals surface area (Å²) in [5, 5.41) is 19.5. The topological polar surface area (TPSA) is 146 Å². The molecule has 0 aliphatic rings. The molecule has 1 amide bonds. The van der Waals surface area contributed by atoms with E-state index in [4.69, 9.17) is 14.9 Å². The number of thioether (sulfide) groups is 1. The van der Waals surface area contributed by atoms with Gasteiger partial charge < -0.3 is 20.0 Å². The molecule has 0 atom stereocenters. The molecule has 30 heavy (non-hydrogen) atoms. The van der Waals surface area contributed by atoms with Crippen molar-refractivity contribution in [2.75, 3.05) is 13.4 Å². The minimum absolute atomic E-state index is 0.00849. The van der Waals surface area contributed by atoms with Crippen molar-refractivity contribution in [1.29, 1.82) is 0 Å². The van der Waals surface area contributed by atoms with Gasteiger partial charge in [-0.3, -0.25) is 4.79 Å². The van der Waals surface area contributed by atoms with Gasteiger partial charge in [-0.15, -0.1) is 33.3 Å². The molecule has 9 nitrogen and oxygen atoms in total. The van der Waals surface area contributed by atoms with Crippen LogP contribution in [0.3, 0.4) is 0 Å². The van der Waals surface area contributed by atoms with Crippen molar-refractivity contribution in [1.82, 2.24) is 10.2 Å². The van der Waals surface area contributed by atoms with E-state index >= 15 is 0 Å². The number of nitrogens with zero attached hydrogens (tertiary/aromatic N) is 2. The van der Waals surface area contributed by atoms with Gasteiger partial charge in [0, 0.05) is 16.5 Å². The quantitative estimate of drug-likeness (QED) is 0.477. The van der Waals surface area contributed by atoms with E-state index in [2.05, 4.69) is 10.2 Å². The lowest BCUT2D eigenvalue weighted by molar-refractivity contribution is 0.0966. The molecule has 3 N–H and O–H groups in total. The number of hydrogen-bond donors (Lipinski definition) is 2. The van der Waals surface area contributed by atoms with Gasteiger partial charge in [-0.05, 0) is 35.4 Å². The van der Waals surface area contributed by atoms with Crippen LogP contribution in [0.25, 0.3) is 12.2 Å². The lowest BCUT2D eigenvalue weighted by Gasteiger charge is -2.15. The number of thiophene rings is 1. The summed E-state index contributed by atoms with van der Waals surface area (Å²) in [6, 6.07) is 4.72. The van der Waals surface area contributed by atoms with Gasteiger partial charge in [0.05, 0.1) is 12.9 Å². The summed E-state index contributed by atoms with van der Waals surface area (Å²) in [4.78, 5) is 11.6. The molecule has 158 valence electrons. The number of hydrogen-bond acceptors (Lipinski definition) is 10. The SMILES string of the molecule is COc1cc(CS(=O)(=O)c2cccs2)c(SC)c(/C=C/c2nnc(C(N)=O)o2)c1O. The van der Waals surface area contributed by atoms with Crippen LogP contribution in [-0.4, -0.2) is 43.0 Å². The average molecular weight is 468 g/mol. The zero-order valence-electron chi connectivity index (χ0n) is 15.9. The van der Waals surface area contributed by atoms with E-state index in [1.807, 2.05) is 0 Å². The van der Waals surface area contributed by atoms with Crippen LogP contribution >= 0.6 is 23.1 Å². The molecule has 0 radical (unpaired) electrons. The van der Waals surface area contributed by atoms with Gasteiger partial charge in [0.25, 0.3) is 0 Å². The van der Waals surface area contributed by atoms with Gasteiger partial charge in [0.2, 0.25) is 5.89 Å². The molecular formula is C18H17N3O6S3. The lowest BCUT2D eigenvalue weighted by atomic mass is 10.1. The summed E-state index contributed by atoms with van der Waals surface area (Å²) in [7, 11) is -2.21. The van der Waals surface area contributed by atoms with Crippen LogP contribution in [0.15, 0.2) is 37.1 Å². The zero-order chi connectivity index (χ0) is 21.9. The Kier molecular flexibility index (Phi) is 6.48. The van der Waals surface area contributed by atoms with E-state index in [0.29, 0.717) is 16.0 Å². The predicted molar refractivity (Wildman–Crippen MR) is 113 cm³/mol. The number of benzene rings is 1. The molecule has 2 heterocycles. The van der Waals surface area contributed by atoms with Crippen molar-refractivity contribution < 1.29 is 27.5 Å². The molecule has 1 aromatic carbocycles. The Morgan fingerprint density at radius 2 is 2.17 bits per heavy atom. The number of amides is 1. The van der Waals surface area contributed by atoms with Crippen LogP contribution in [0, 0.1) is 0 Å². The second-order valence-electron chi connectivity index (χ2n) is 5.87. The minimum Gasteiger partial charge on any atom is -0.504 e. The van der Waals surface area contributed by atoms with Gasteiger partial charge in [-0.1, -0.05) is 6.07 Å². The van der Waals surface area contributed by atoms with Gasteiger partial charge in [0.15, 0.2) is 21.3 Å². The summed E-state index contributed by atoms with van der Waals surface area (Å²) in [5.41, 5.74) is 5.87. The maximum atomic E-state index is 12.8. The normalized spacial score (nSPS) is 11.8. The maximum Gasteiger partial charge on any atom is 0.306 e. The Morgan fingerprint density at radius 1 is 1.40 bits per heavy atom. The second-order valence-corrected chi connectivity index (χ2v) is 9.85. The van der Waals surface area contributed by atoms with Crippen LogP contribution in [0.1, 0.15) is 27.7 Å². The summed E-state index contributed by atoms with van der Waals surface area (Å²) < 4.78 is 36.1. The third-order valence-corrected chi connectivity index (χ3v) is 7.99. The van der Waals surface area contributed by atoms with E-state index in [-0.39, 0.29) is 33.2 Å². The molecule has 0 bridgehead atoms. The third kappa shape index (κ3) is 4.50. The van der Waals surface area contributed by atoms with Gasteiger partial charge >= 0.3 is 11.8 Å². The van der Waals surface area contributed by atoms with Crippen LogP contribution in [0.2, 0.25) is 0 Å². The number of carbonyl (C=O) groups is 1. The van der Waals surface area contributed by atoms with Crippen molar-refractivity contribution in [3.63, 3.8) is 0 Å². The number of aromatic nitrogens is 2. The molecule has 2 aromatic heterocycles. The highest BCUT2D eigenvalue weighted by Gasteiger charge is 2.23. The molecule has 0 spiro atoms. The summed E-state index contributed by atoms with van der Waals surface area (Å²) >= 11 is 2.41. The van der Waals surface area contributed by atoms with E-state index < -0.39 is 15.7 Å². The van der Waals surface area contributed by atoms with E-state index in [0.717, 1.165) is 11.3 Å². The number of nitrogens with two attached hydrogens (primary N) is 1. The molecule has 12 heteroatoms. The molecule has 0 saturated heterocycles. The smallest absolute Gasteiger partial charge is 0.306 e. The number of aromatic hydroxyl groups is 1. The van der Waals surface area contributed by atoms with Crippen LogP contribution < -0.4 is 10.5 Å². The lowest BCUT2D eigenvalue weighted by Crippen LogP contribution is -2.10. The standard InChI is InChI=1S/C18H17N3O6S3/c1-26-12-8-10(9-30(24,25)14-4-3-7-29-14)16(28-2)11(15(12)22)5-6-13-20-21-18(27-13)17(19)23/h3-8,22H,9H2,1-2H3,(H2,19,23)/b6-5+. The minimum atomic E-state index is -3.58. The number of ether oxygens (including phenoxy) is 1. The Bertz CT molecular complexity index is 1200. The summed E-state index contributed by atoms with van der Waals surface area (Å²) in [5.74, 6) is -1.55. The largest absolute Gasteiger partial charge is 0.504 e. The molecule has 3 aromatic rings. The number of phenols is 1. The molecule has 0 saturated carbocycles. The Labute approximate surface area is 180 Å². The van der Waals surface area contributed by atoms with Crippen molar-refractivity contribution in [3.05, 3.63) is 46.5 Å². The zero-order valence-corrected chi connectivity index (χ0v) is 18.3. The van der Waals surface area contributed by atoms with Crippen molar-refractivity contribution in [2.45, 2.75) is 14.9 Å². The van der Waals surface area contributed by atoms with Gasteiger partial charge in [-0.2, -0.15) is 0 Å². The van der Waals surface area contributed by atoms with E-state index in [1.165, 1.54) is 37.1 Å². The molecule has 0 unspecified atom stereocenters. The Balaban J connectivity index is 2.06. The first-order chi connectivity index (χ1) is 14.3. The monoisotopic (exact) mass is 467 g/mol. The number of primary amides is 1. The highest BCUT2D eigenvalue weighted by atomic mass is 32.2. The van der Waals surface area contributed by atoms with Gasteiger partial charge in [-0.25, -0.2) is 8.42 Å². The molecular weight excluding hydrogens is 450 g/mol. The molecule has 0 aliphatic carbocycles. The van der Waals surface area contributed by atoms with Crippen LogP contribution in [0.4, 0.5) is 0 Å². The number of carbonyl (C=O) groups excluding carboxylic acids is 1. The molecule has 0 fully saturated rings. The fourth-order valence-corrected chi connectivity index (χ4v) is 5.95. The number of sulfone groups is 1. The highest BCUT2D eigenvalue weighted by Crippen LogP contribution is 2.41. The molecule has 0 aliphatic heterocycles. The number of rotatable bonds is 8. The first-order valence-corrected chi connectivity index (χ1v) is 12.1. The van der Waals surface area contributed by atoms with Crippen molar-refractivity contribution in [2.24, 2.45) is 5.73 Å². The van der Waals surface area contributed by atoms with E-state index in [9.17, 15) is 18.3 Å². The number of phenolic OH excluding ortho intramolecular Hbond substituents is 1. The second kappa shape index (κ2) is 8.90.